The molecular formula is C15H24BrFN2. The summed E-state index contributed by atoms with van der Waals surface area (Å²) in [4.78, 5) is 2.31. The molecule has 0 saturated heterocycles. The SMILES string of the molecule is CCN(CC)C(C)(C)C(N)Cc1cc(Br)ccc1F. The highest BCUT2D eigenvalue weighted by molar-refractivity contribution is 9.10. The van der Waals surface area contributed by atoms with Gasteiger partial charge in [-0.2, -0.15) is 0 Å². The van der Waals surface area contributed by atoms with Crippen LogP contribution in [0.4, 0.5) is 4.39 Å². The van der Waals surface area contributed by atoms with Crippen molar-refractivity contribution in [2.24, 2.45) is 5.73 Å². The van der Waals surface area contributed by atoms with Crippen LogP contribution in [0.15, 0.2) is 22.7 Å². The Morgan fingerprint density at radius 1 is 1.32 bits per heavy atom. The third kappa shape index (κ3) is 4.01. The summed E-state index contributed by atoms with van der Waals surface area (Å²) in [5, 5.41) is 0. The number of likely N-dealkylation sites (N-methyl/N-ethyl adjacent to an activating group) is 1. The average Bonchev–Trinajstić information content (AvgIpc) is 2.35. The second-order valence-corrected chi connectivity index (χ2v) is 6.29. The summed E-state index contributed by atoms with van der Waals surface area (Å²) in [5.74, 6) is -0.186. The monoisotopic (exact) mass is 330 g/mol. The second-order valence-electron chi connectivity index (χ2n) is 5.37. The van der Waals surface area contributed by atoms with Crippen molar-refractivity contribution in [2.75, 3.05) is 13.1 Å². The number of nitrogens with zero attached hydrogens (tertiary/aromatic N) is 1. The summed E-state index contributed by atoms with van der Waals surface area (Å²) in [7, 11) is 0. The molecule has 1 aromatic carbocycles. The summed E-state index contributed by atoms with van der Waals surface area (Å²) in [6.45, 7) is 10.4. The van der Waals surface area contributed by atoms with Crippen LogP contribution in [-0.4, -0.2) is 29.6 Å². The van der Waals surface area contributed by atoms with Crippen LogP contribution in [0, 0.1) is 5.82 Å². The van der Waals surface area contributed by atoms with Crippen molar-refractivity contribution < 1.29 is 4.39 Å². The molecule has 0 amide bonds. The molecule has 19 heavy (non-hydrogen) atoms. The molecule has 4 heteroatoms. The molecule has 1 atom stereocenters. The largest absolute Gasteiger partial charge is 0.326 e. The molecule has 108 valence electrons. The molecule has 0 spiro atoms. The molecular weight excluding hydrogens is 307 g/mol. The molecule has 1 unspecified atom stereocenters. The number of rotatable bonds is 6. The highest BCUT2D eigenvalue weighted by atomic mass is 79.9. The first-order valence-electron chi connectivity index (χ1n) is 6.77. The zero-order chi connectivity index (χ0) is 14.6. The fourth-order valence-electron chi connectivity index (χ4n) is 2.46. The quantitative estimate of drug-likeness (QED) is 0.863. The molecule has 2 nitrogen and oxygen atoms in total. The molecule has 0 aliphatic carbocycles. The van der Waals surface area contributed by atoms with Crippen LogP contribution >= 0.6 is 15.9 Å². The summed E-state index contributed by atoms with van der Waals surface area (Å²) in [6.07, 6.45) is 0.536. The average molecular weight is 331 g/mol. The predicted octanol–water partition coefficient (Wildman–Crippen LogP) is 3.58. The van der Waals surface area contributed by atoms with E-state index in [1.165, 1.54) is 6.07 Å². The summed E-state index contributed by atoms with van der Waals surface area (Å²) >= 11 is 3.38. The smallest absolute Gasteiger partial charge is 0.126 e. The number of halogens is 2. The minimum absolute atomic E-state index is 0.115. The maximum atomic E-state index is 13.8. The fraction of sp³-hybridized carbons (Fsp3) is 0.600. The summed E-state index contributed by atoms with van der Waals surface area (Å²) in [6, 6.07) is 4.89. The van der Waals surface area contributed by atoms with Gasteiger partial charge in [-0.15, -0.1) is 0 Å². The van der Waals surface area contributed by atoms with Crippen LogP contribution in [0.1, 0.15) is 33.3 Å². The van der Waals surface area contributed by atoms with Gasteiger partial charge in [-0.3, -0.25) is 4.90 Å². The van der Waals surface area contributed by atoms with E-state index in [1.54, 1.807) is 6.07 Å². The van der Waals surface area contributed by atoms with Crippen LogP contribution in [-0.2, 0) is 6.42 Å². The lowest BCUT2D eigenvalue weighted by Gasteiger charge is -2.42. The van der Waals surface area contributed by atoms with E-state index in [9.17, 15) is 4.39 Å². The van der Waals surface area contributed by atoms with E-state index in [4.69, 9.17) is 5.73 Å². The molecule has 0 fully saturated rings. The van der Waals surface area contributed by atoms with Crippen LogP contribution in [0.2, 0.25) is 0 Å². The number of hydrogen-bond donors (Lipinski definition) is 1. The van der Waals surface area contributed by atoms with Gasteiger partial charge in [-0.05, 0) is 57.1 Å². The minimum atomic E-state index is -0.186. The fourth-order valence-corrected chi connectivity index (χ4v) is 2.87. The standard InChI is InChI=1S/C15H24BrFN2/c1-5-19(6-2)15(3,4)14(18)10-11-9-12(16)7-8-13(11)17/h7-9,14H,5-6,10,18H2,1-4H3. The molecule has 0 bridgehead atoms. The van der Waals surface area contributed by atoms with Gasteiger partial charge in [0, 0.05) is 16.1 Å². The van der Waals surface area contributed by atoms with Gasteiger partial charge in [-0.25, -0.2) is 4.39 Å². The van der Waals surface area contributed by atoms with Crippen molar-refractivity contribution in [3.63, 3.8) is 0 Å². The van der Waals surface area contributed by atoms with Crippen molar-refractivity contribution in [3.8, 4) is 0 Å². The third-order valence-corrected chi connectivity index (χ3v) is 4.43. The van der Waals surface area contributed by atoms with Crippen molar-refractivity contribution in [3.05, 3.63) is 34.1 Å². The van der Waals surface area contributed by atoms with E-state index in [0.29, 0.717) is 12.0 Å². The van der Waals surface area contributed by atoms with E-state index in [1.807, 2.05) is 6.07 Å². The van der Waals surface area contributed by atoms with Gasteiger partial charge in [0.15, 0.2) is 0 Å². The number of hydrogen-bond acceptors (Lipinski definition) is 2. The molecule has 1 aromatic rings. The zero-order valence-corrected chi connectivity index (χ0v) is 13.8. The first kappa shape index (κ1) is 16.6. The highest BCUT2D eigenvalue weighted by Gasteiger charge is 2.31. The number of benzene rings is 1. The Morgan fingerprint density at radius 2 is 1.89 bits per heavy atom. The molecule has 0 aliphatic rings. The van der Waals surface area contributed by atoms with E-state index in [0.717, 1.165) is 17.6 Å². The molecule has 0 radical (unpaired) electrons. The lowest BCUT2D eigenvalue weighted by molar-refractivity contribution is 0.106. The molecule has 0 saturated carbocycles. The van der Waals surface area contributed by atoms with Crippen molar-refractivity contribution >= 4 is 15.9 Å². The lowest BCUT2D eigenvalue weighted by Crippen LogP contribution is -2.56. The minimum Gasteiger partial charge on any atom is -0.326 e. The van der Waals surface area contributed by atoms with Gasteiger partial charge in [-0.1, -0.05) is 29.8 Å². The molecule has 0 heterocycles. The van der Waals surface area contributed by atoms with Gasteiger partial charge in [0.25, 0.3) is 0 Å². The van der Waals surface area contributed by atoms with Gasteiger partial charge in [0.05, 0.1) is 0 Å². The van der Waals surface area contributed by atoms with E-state index < -0.39 is 0 Å². The van der Waals surface area contributed by atoms with Gasteiger partial charge >= 0.3 is 0 Å². The summed E-state index contributed by atoms with van der Waals surface area (Å²) < 4.78 is 14.7. The van der Waals surface area contributed by atoms with Crippen molar-refractivity contribution in [1.29, 1.82) is 0 Å². The molecule has 0 aromatic heterocycles. The first-order chi connectivity index (χ1) is 8.82. The van der Waals surface area contributed by atoms with Crippen LogP contribution in [0.25, 0.3) is 0 Å². The van der Waals surface area contributed by atoms with Crippen LogP contribution < -0.4 is 5.73 Å². The third-order valence-electron chi connectivity index (χ3n) is 3.93. The van der Waals surface area contributed by atoms with E-state index in [2.05, 4.69) is 48.5 Å². The Morgan fingerprint density at radius 3 is 2.42 bits per heavy atom. The first-order valence-corrected chi connectivity index (χ1v) is 7.56. The van der Waals surface area contributed by atoms with Crippen LogP contribution in [0.5, 0.6) is 0 Å². The van der Waals surface area contributed by atoms with Crippen LogP contribution in [0.3, 0.4) is 0 Å². The maximum absolute atomic E-state index is 13.8. The zero-order valence-electron chi connectivity index (χ0n) is 12.2. The normalized spacial score (nSPS) is 13.9. The molecule has 1 rings (SSSR count). The van der Waals surface area contributed by atoms with Crippen molar-refractivity contribution in [2.45, 2.75) is 45.7 Å². The molecule has 0 aliphatic heterocycles. The number of nitrogens with two attached hydrogens (primary N) is 1. The van der Waals surface area contributed by atoms with E-state index in [-0.39, 0.29) is 17.4 Å². The summed E-state index contributed by atoms with van der Waals surface area (Å²) in [5.41, 5.74) is 6.84. The van der Waals surface area contributed by atoms with Crippen molar-refractivity contribution in [1.82, 2.24) is 4.90 Å². The lowest BCUT2D eigenvalue weighted by atomic mass is 9.88. The Kier molecular flexibility index (Phi) is 5.96. The predicted molar refractivity (Wildman–Crippen MR) is 82.8 cm³/mol. The topological polar surface area (TPSA) is 29.3 Å². The molecule has 2 N–H and O–H groups in total. The highest BCUT2D eigenvalue weighted by Crippen LogP contribution is 2.23. The van der Waals surface area contributed by atoms with E-state index >= 15 is 0 Å². The Hall–Kier alpha value is -0.450. The Balaban J connectivity index is 2.89. The Labute approximate surface area is 124 Å². The Bertz CT molecular complexity index is 417. The van der Waals surface area contributed by atoms with Gasteiger partial charge in [0.2, 0.25) is 0 Å². The van der Waals surface area contributed by atoms with Gasteiger partial charge < -0.3 is 5.73 Å². The van der Waals surface area contributed by atoms with Gasteiger partial charge in [0.1, 0.15) is 5.82 Å². The maximum Gasteiger partial charge on any atom is 0.126 e. The second kappa shape index (κ2) is 6.82.